The lowest BCUT2D eigenvalue weighted by atomic mass is 10.1. The fraction of sp³-hybridized carbons (Fsp3) is 0.235. The zero-order chi connectivity index (χ0) is 17.0. The normalized spacial score (nSPS) is 11.0. The molecule has 5 nitrogen and oxygen atoms in total. The number of benzene rings is 1. The molecule has 6 heteroatoms. The Labute approximate surface area is 138 Å². The van der Waals surface area contributed by atoms with Gasteiger partial charge in [0.05, 0.1) is 19.8 Å². The predicted molar refractivity (Wildman–Crippen MR) is 89.9 cm³/mol. The fourth-order valence-corrected chi connectivity index (χ4v) is 3.02. The molecule has 0 aliphatic carbocycles. The minimum Gasteiger partial charge on any atom is -0.493 e. The number of Topliss-reactive ketones (excluding diaryl/α,β-unsaturated/α-hetero) is 1. The van der Waals surface area contributed by atoms with Crippen LogP contribution < -0.4 is 9.47 Å². The van der Waals surface area contributed by atoms with E-state index >= 15 is 0 Å². The Kier molecular flexibility index (Phi) is 5.14. The first-order chi connectivity index (χ1) is 11.0. The number of allylic oxidation sites excluding steroid dienone is 1. The Morgan fingerprint density at radius 3 is 2.52 bits per heavy atom. The van der Waals surface area contributed by atoms with Gasteiger partial charge >= 0.3 is 0 Å². The van der Waals surface area contributed by atoms with Crippen LogP contribution in [0.3, 0.4) is 0 Å². The molecule has 0 radical (unpaired) electrons. The van der Waals surface area contributed by atoms with Crippen LogP contribution in [0.2, 0.25) is 0 Å². The van der Waals surface area contributed by atoms with Crippen molar-refractivity contribution in [2.45, 2.75) is 13.8 Å². The summed E-state index contributed by atoms with van der Waals surface area (Å²) in [5, 5.41) is 9.95. The third-order valence-electron chi connectivity index (χ3n) is 3.20. The maximum absolute atomic E-state index is 11.5. The molecule has 1 heterocycles. The summed E-state index contributed by atoms with van der Waals surface area (Å²) in [4.78, 5) is 16.6. The Balaban J connectivity index is 2.45. The zero-order valence-electron chi connectivity index (χ0n) is 13.3. The van der Waals surface area contributed by atoms with Crippen molar-refractivity contribution in [2.24, 2.45) is 0 Å². The van der Waals surface area contributed by atoms with Gasteiger partial charge in [0.15, 0.2) is 17.3 Å². The van der Waals surface area contributed by atoms with Crippen molar-refractivity contribution in [3.63, 3.8) is 0 Å². The number of carbonyl (C=O) groups excluding carboxylic acids is 1. The highest BCUT2D eigenvalue weighted by molar-refractivity contribution is 7.13. The smallest absolute Gasteiger partial charge is 0.179 e. The number of nitrogens with zero attached hydrogens (tertiary/aromatic N) is 2. The maximum atomic E-state index is 11.5. The zero-order valence-corrected chi connectivity index (χ0v) is 14.2. The number of aromatic nitrogens is 1. The second-order valence-corrected chi connectivity index (χ2v) is 5.97. The lowest BCUT2D eigenvalue weighted by Crippen LogP contribution is -1.95. The van der Waals surface area contributed by atoms with Crippen LogP contribution in [0.4, 0.5) is 0 Å². The van der Waals surface area contributed by atoms with Gasteiger partial charge in [-0.1, -0.05) is 6.07 Å². The summed E-state index contributed by atoms with van der Waals surface area (Å²) >= 11 is 1.33. The first-order valence-electron chi connectivity index (χ1n) is 6.82. The maximum Gasteiger partial charge on any atom is 0.179 e. The molecule has 118 valence electrons. The van der Waals surface area contributed by atoms with E-state index in [2.05, 4.69) is 11.1 Å². The third-order valence-corrected chi connectivity index (χ3v) is 4.20. The number of hydrogen-bond donors (Lipinski definition) is 0. The lowest BCUT2D eigenvalue weighted by molar-refractivity contribution is 0.101. The average molecular weight is 328 g/mol. The molecule has 2 rings (SSSR count). The predicted octanol–water partition coefficient (Wildman–Crippen LogP) is 3.74. The number of methoxy groups -OCH3 is 2. The van der Waals surface area contributed by atoms with E-state index in [0.29, 0.717) is 27.8 Å². The van der Waals surface area contributed by atoms with Gasteiger partial charge in [0.25, 0.3) is 0 Å². The number of carbonyl (C=O) groups is 1. The monoisotopic (exact) mass is 328 g/mol. The fourth-order valence-electron chi connectivity index (χ4n) is 2.09. The highest BCUT2D eigenvalue weighted by Gasteiger charge is 2.14. The Morgan fingerprint density at radius 1 is 1.30 bits per heavy atom. The van der Waals surface area contributed by atoms with Gasteiger partial charge < -0.3 is 9.47 Å². The third kappa shape index (κ3) is 3.58. The van der Waals surface area contributed by atoms with Crippen LogP contribution in [0.1, 0.15) is 32.9 Å². The topological polar surface area (TPSA) is 72.2 Å². The number of aryl methyl sites for hydroxylation is 1. The molecular formula is C17H16N2O3S. The van der Waals surface area contributed by atoms with E-state index < -0.39 is 0 Å². The molecule has 1 aromatic heterocycles. The summed E-state index contributed by atoms with van der Waals surface area (Å²) in [5.74, 6) is 1.10. The standard InChI is InChI=1S/C17H16N2O3S/c1-10(20)16-11(2)23-17(19-16)13(9-18)7-12-5-6-14(21-3)15(8-12)22-4/h5-8H,1-4H3/b13-7+. The van der Waals surface area contributed by atoms with Crippen LogP contribution in [0, 0.1) is 18.3 Å². The molecule has 0 saturated heterocycles. The lowest BCUT2D eigenvalue weighted by Gasteiger charge is -2.07. The molecule has 0 spiro atoms. The SMILES string of the molecule is COc1ccc(/C=C(\C#N)c2nc(C(C)=O)c(C)s2)cc1OC. The van der Waals surface area contributed by atoms with Crippen LogP contribution in [0.15, 0.2) is 18.2 Å². The van der Waals surface area contributed by atoms with E-state index in [1.54, 1.807) is 32.4 Å². The summed E-state index contributed by atoms with van der Waals surface area (Å²) in [6, 6.07) is 7.51. The molecule has 0 amide bonds. The minimum absolute atomic E-state index is 0.103. The van der Waals surface area contributed by atoms with Gasteiger partial charge in [-0.05, 0) is 30.7 Å². The summed E-state index contributed by atoms with van der Waals surface area (Å²) in [6.07, 6.45) is 1.71. The first-order valence-corrected chi connectivity index (χ1v) is 7.64. The number of ether oxygens (including phenoxy) is 2. The first kappa shape index (κ1) is 16.7. The Hall–Kier alpha value is -2.65. The number of ketones is 1. The van der Waals surface area contributed by atoms with Crippen molar-refractivity contribution in [1.29, 1.82) is 5.26 Å². The molecule has 0 bridgehead atoms. The molecule has 0 saturated carbocycles. The van der Waals surface area contributed by atoms with Gasteiger partial charge in [-0.15, -0.1) is 11.3 Å². The van der Waals surface area contributed by atoms with Crippen LogP contribution in [0.5, 0.6) is 11.5 Å². The largest absolute Gasteiger partial charge is 0.493 e. The average Bonchev–Trinajstić information content (AvgIpc) is 2.94. The van der Waals surface area contributed by atoms with Crippen LogP contribution in [-0.4, -0.2) is 25.0 Å². The number of rotatable bonds is 5. The van der Waals surface area contributed by atoms with Crippen molar-refractivity contribution in [1.82, 2.24) is 4.98 Å². The molecule has 0 unspecified atom stereocenters. The van der Waals surface area contributed by atoms with E-state index in [1.807, 2.05) is 13.0 Å². The summed E-state index contributed by atoms with van der Waals surface area (Å²) < 4.78 is 10.5. The molecular weight excluding hydrogens is 312 g/mol. The van der Waals surface area contributed by atoms with Gasteiger partial charge in [-0.3, -0.25) is 4.79 Å². The molecule has 23 heavy (non-hydrogen) atoms. The highest BCUT2D eigenvalue weighted by atomic mass is 32.1. The molecule has 2 aromatic rings. The molecule has 0 aliphatic heterocycles. The molecule has 0 atom stereocenters. The van der Waals surface area contributed by atoms with Gasteiger partial charge in [0, 0.05) is 11.8 Å². The van der Waals surface area contributed by atoms with E-state index in [1.165, 1.54) is 18.3 Å². The minimum atomic E-state index is -0.103. The highest BCUT2D eigenvalue weighted by Crippen LogP contribution is 2.30. The summed E-state index contributed by atoms with van der Waals surface area (Å²) in [6.45, 7) is 3.29. The van der Waals surface area contributed by atoms with Crippen molar-refractivity contribution in [3.05, 3.63) is 39.3 Å². The van der Waals surface area contributed by atoms with Crippen molar-refractivity contribution < 1.29 is 14.3 Å². The van der Waals surface area contributed by atoms with Gasteiger partial charge in [0.1, 0.15) is 16.8 Å². The second-order valence-electron chi connectivity index (χ2n) is 4.76. The summed E-state index contributed by atoms with van der Waals surface area (Å²) in [5.41, 5.74) is 1.60. The molecule has 1 aromatic carbocycles. The van der Waals surface area contributed by atoms with Crippen LogP contribution in [-0.2, 0) is 0 Å². The van der Waals surface area contributed by atoms with Crippen molar-refractivity contribution in [2.75, 3.05) is 14.2 Å². The quantitative estimate of drug-likeness (QED) is 0.617. The van der Waals surface area contributed by atoms with Gasteiger partial charge in [-0.2, -0.15) is 5.26 Å². The Morgan fingerprint density at radius 2 is 2.00 bits per heavy atom. The number of nitriles is 1. The van der Waals surface area contributed by atoms with Gasteiger partial charge in [0.2, 0.25) is 0 Å². The second kappa shape index (κ2) is 7.07. The molecule has 0 aliphatic rings. The van der Waals surface area contributed by atoms with Crippen molar-refractivity contribution in [3.8, 4) is 17.6 Å². The van der Waals surface area contributed by atoms with Crippen molar-refractivity contribution >= 4 is 28.8 Å². The van der Waals surface area contributed by atoms with Gasteiger partial charge in [-0.25, -0.2) is 4.98 Å². The van der Waals surface area contributed by atoms with E-state index in [0.717, 1.165) is 10.4 Å². The molecule has 0 fully saturated rings. The van der Waals surface area contributed by atoms with E-state index in [9.17, 15) is 10.1 Å². The number of hydrogen-bond acceptors (Lipinski definition) is 6. The molecule has 0 N–H and O–H groups in total. The Bertz CT molecular complexity index is 816. The van der Waals surface area contributed by atoms with E-state index in [-0.39, 0.29) is 5.78 Å². The van der Waals surface area contributed by atoms with Crippen LogP contribution >= 0.6 is 11.3 Å². The summed E-state index contributed by atoms with van der Waals surface area (Å²) in [7, 11) is 3.12. The van der Waals surface area contributed by atoms with Crippen LogP contribution in [0.25, 0.3) is 11.6 Å². The van der Waals surface area contributed by atoms with E-state index in [4.69, 9.17) is 9.47 Å². The number of thiazole rings is 1.